The molecule has 0 spiro atoms. The van der Waals surface area contributed by atoms with E-state index in [4.69, 9.17) is 16.2 Å². The maximum absolute atomic E-state index is 11.8. The van der Waals surface area contributed by atoms with Crippen LogP contribution < -0.4 is 16.8 Å². The topological polar surface area (TPSA) is 90.4 Å². The molecule has 0 heterocycles. The summed E-state index contributed by atoms with van der Waals surface area (Å²) in [4.78, 5) is 10.7. The number of amides is 1. The van der Waals surface area contributed by atoms with Crippen LogP contribution in [0.25, 0.3) is 0 Å². The molecular formula is C18H22F3N3O2. The Bertz CT molecular complexity index is 711. The van der Waals surface area contributed by atoms with Crippen molar-refractivity contribution >= 4 is 17.5 Å². The number of nitrogens with one attached hydrogen (secondary N) is 1. The van der Waals surface area contributed by atoms with Gasteiger partial charge < -0.3 is 21.5 Å². The van der Waals surface area contributed by atoms with Gasteiger partial charge in [0, 0.05) is 24.0 Å². The largest absolute Gasteiger partial charge is 0.442 e. The molecule has 142 valence electrons. The Balaban J connectivity index is 0.000000289. The standard InChI is InChI=1S/C11H17N3O2.C7H5F3/c1-6-4-8(14-3)5-9(12)10(6)7(2)16-11(13)15;8-7(9,10)6-4-2-1-3-5-6/h4-5,7,14H,12H2,1-3H3,(H2,13,15);1-5H. The van der Waals surface area contributed by atoms with Crippen molar-refractivity contribution < 1.29 is 22.7 Å². The molecule has 0 bridgehead atoms. The number of hydrogen-bond donors (Lipinski definition) is 3. The Morgan fingerprint density at radius 2 is 1.77 bits per heavy atom. The predicted molar refractivity (Wildman–Crippen MR) is 95.7 cm³/mol. The van der Waals surface area contributed by atoms with Crippen molar-refractivity contribution in [3.8, 4) is 0 Å². The molecule has 0 radical (unpaired) electrons. The molecule has 8 heteroatoms. The van der Waals surface area contributed by atoms with E-state index in [2.05, 4.69) is 5.32 Å². The van der Waals surface area contributed by atoms with E-state index >= 15 is 0 Å². The highest BCUT2D eigenvalue weighted by atomic mass is 19.4. The third-order valence-electron chi connectivity index (χ3n) is 3.51. The Hall–Kier alpha value is -2.90. The van der Waals surface area contributed by atoms with E-state index in [1.807, 2.05) is 20.0 Å². The molecular weight excluding hydrogens is 347 g/mol. The van der Waals surface area contributed by atoms with Crippen LogP contribution >= 0.6 is 0 Å². The molecule has 0 aliphatic carbocycles. The first-order valence-electron chi connectivity index (χ1n) is 7.72. The zero-order valence-corrected chi connectivity index (χ0v) is 14.7. The number of ether oxygens (including phenoxy) is 1. The minimum atomic E-state index is -4.21. The summed E-state index contributed by atoms with van der Waals surface area (Å²) in [6.45, 7) is 3.65. The van der Waals surface area contributed by atoms with Crippen molar-refractivity contribution in [2.45, 2.75) is 26.1 Å². The van der Waals surface area contributed by atoms with Crippen molar-refractivity contribution in [3.05, 3.63) is 59.2 Å². The van der Waals surface area contributed by atoms with Crippen LogP contribution in [-0.4, -0.2) is 13.1 Å². The highest BCUT2D eigenvalue weighted by Gasteiger charge is 2.29. The molecule has 1 unspecified atom stereocenters. The minimum Gasteiger partial charge on any atom is -0.442 e. The first-order chi connectivity index (χ1) is 12.1. The van der Waals surface area contributed by atoms with Gasteiger partial charge in [-0.2, -0.15) is 13.2 Å². The van der Waals surface area contributed by atoms with Crippen molar-refractivity contribution in [1.82, 2.24) is 0 Å². The summed E-state index contributed by atoms with van der Waals surface area (Å²) in [6, 6.07) is 10.1. The Morgan fingerprint density at radius 3 is 2.15 bits per heavy atom. The molecule has 1 atom stereocenters. The first-order valence-corrected chi connectivity index (χ1v) is 7.72. The number of alkyl halides is 3. The zero-order valence-electron chi connectivity index (χ0n) is 14.7. The molecule has 2 rings (SSSR count). The van der Waals surface area contributed by atoms with Gasteiger partial charge in [0.25, 0.3) is 0 Å². The normalized spacial score (nSPS) is 11.8. The highest BCUT2D eigenvalue weighted by molar-refractivity contribution is 5.67. The lowest BCUT2D eigenvalue weighted by Gasteiger charge is -2.18. The second kappa shape index (κ2) is 8.98. The molecule has 26 heavy (non-hydrogen) atoms. The van der Waals surface area contributed by atoms with Crippen LogP contribution in [0.5, 0.6) is 0 Å². The summed E-state index contributed by atoms with van der Waals surface area (Å²) in [7, 11) is 1.82. The van der Waals surface area contributed by atoms with E-state index in [-0.39, 0.29) is 0 Å². The first kappa shape index (κ1) is 21.1. The molecule has 1 amide bonds. The number of nitrogen functional groups attached to an aromatic ring is 1. The molecule has 0 fully saturated rings. The van der Waals surface area contributed by atoms with Gasteiger partial charge in [0.15, 0.2) is 0 Å². The van der Waals surface area contributed by atoms with E-state index in [9.17, 15) is 18.0 Å². The van der Waals surface area contributed by atoms with E-state index in [1.54, 1.807) is 19.1 Å². The number of rotatable bonds is 3. The smallest absolute Gasteiger partial charge is 0.416 e. The third kappa shape index (κ3) is 6.19. The molecule has 2 aromatic rings. The van der Waals surface area contributed by atoms with Gasteiger partial charge >= 0.3 is 12.3 Å². The van der Waals surface area contributed by atoms with Crippen LogP contribution in [-0.2, 0) is 10.9 Å². The molecule has 0 aliphatic rings. The van der Waals surface area contributed by atoms with Crippen LogP contribution in [0.3, 0.4) is 0 Å². The number of nitrogens with two attached hydrogens (primary N) is 2. The van der Waals surface area contributed by atoms with E-state index < -0.39 is 23.9 Å². The quantitative estimate of drug-likeness (QED) is 0.696. The van der Waals surface area contributed by atoms with Crippen molar-refractivity contribution in [2.24, 2.45) is 5.73 Å². The van der Waals surface area contributed by atoms with Crippen molar-refractivity contribution in [2.75, 3.05) is 18.1 Å². The van der Waals surface area contributed by atoms with E-state index in [1.165, 1.54) is 12.1 Å². The van der Waals surface area contributed by atoms with Gasteiger partial charge in [-0.1, -0.05) is 30.3 Å². The number of benzene rings is 2. The lowest BCUT2D eigenvalue weighted by molar-refractivity contribution is -0.137. The fourth-order valence-corrected chi connectivity index (χ4v) is 2.39. The van der Waals surface area contributed by atoms with Gasteiger partial charge in [-0.3, -0.25) is 0 Å². The van der Waals surface area contributed by atoms with Gasteiger partial charge in [0.1, 0.15) is 6.10 Å². The number of anilines is 2. The third-order valence-corrected chi connectivity index (χ3v) is 3.51. The van der Waals surface area contributed by atoms with Crippen LogP contribution in [0, 0.1) is 6.92 Å². The molecule has 0 saturated heterocycles. The number of aryl methyl sites for hydroxylation is 1. The Kier molecular flexibility index (Phi) is 7.30. The summed E-state index contributed by atoms with van der Waals surface area (Å²) in [5, 5.41) is 3.00. The summed E-state index contributed by atoms with van der Waals surface area (Å²) in [5.74, 6) is 0. The number of halogens is 3. The maximum atomic E-state index is 11.8. The van der Waals surface area contributed by atoms with Crippen LogP contribution in [0.4, 0.5) is 29.3 Å². The van der Waals surface area contributed by atoms with Crippen LogP contribution in [0.2, 0.25) is 0 Å². The summed E-state index contributed by atoms with van der Waals surface area (Å²) in [5.41, 5.74) is 13.5. The fourth-order valence-electron chi connectivity index (χ4n) is 2.39. The lowest BCUT2D eigenvalue weighted by atomic mass is 10.0. The Labute approximate surface area is 150 Å². The summed E-state index contributed by atoms with van der Waals surface area (Å²) < 4.78 is 40.3. The zero-order chi connectivity index (χ0) is 19.9. The molecule has 0 aromatic heterocycles. The van der Waals surface area contributed by atoms with Crippen molar-refractivity contribution in [1.29, 1.82) is 0 Å². The van der Waals surface area contributed by atoms with Gasteiger partial charge in [-0.25, -0.2) is 4.79 Å². The number of hydrogen-bond acceptors (Lipinski definition) is 4. The molecule has 5 nitrogen and oxygen atoms in total. The maximum Gasteiger partial charge on any atom is 0.416 e. The van der Waals surface area contributed by atoms with E-state index in [0.717, 1.165) is 28.9 Å². The second-order valence-electron chi connectivity index (χ2n) is 5.49. The van der Waals surface area contributed by atoms with Gasteiger partial charge in [-0.05, 0) is 31.5 Å². The summed E-state index contributed by atoms with van der Waals surface area (Å²) in [6.07, 6.45) is -5.45. The highest BCUT2D eigenvalue weighted by Crippen LogP contribution is 2.30. The summed E-state index contributed by atoms with van der Waals surface area (Å²) >= 11 is 0. The lowest BCUT2D eigenvalue weighted by Crippen LogP contribution is -2.17. The fraction of sp³-hybridized carbons (Fsp3) is 0.278. The molecule has 0 aliphatic heterocycles. The number of carbonyl (C=O) groups excluding carboxylic acids is 1. The Morgan fingerprint density at radius 1 is 1.19 bits per heavy atom. The monoisotopic (exact) mass is 369 g/mol. The second-order valence-corrected chi connectivity index (χ2v) is 5.49. The van der Waals surface area contributed by atoms with Crippen molar-refractivity contribution in [3.63, 3.8) is 0 Å². The molecule has 5 N–H and O–H groups in total. The predicted octanol–water partition coefficient (Wildman–Crippen LogP) is 4.48. The number of primary amides is 1. The van der Waals surface area contributed by atoms with Gasteiger partial charge in [0.05, 0.1) is 5.56 Å². The van der Waals surface area contributed by atoms with Gasteiger partial charge in [0.2, 0.25) is 0 Å². The molecule has 2 aromatic carbocycles. The molecule has 0 saturated carbocycles. The van der Waals surface area contributed by atoms with Crippen LogP contribution in [0.15, 0.2) is 42.5 Å². The number of carbonyl (C=O) groups is 1. The van der Waals surface area contributed by atoms with Gasteiger partial charge in [-0.15, -0.1) is 0 Å². The van der Waals surface area contributed by atoms with E-state index in [0.29, 0.717) is 5.69 Å². The average Bonchev–Trinajstić information content (AvgIpc) is 2.54. The minimum absolute atomic E-state index is 0.441. The van der Waals surface area contributed by atoms with Crippen LogP contribution in [0.1, 0.15) is 29.7 Å². The SMILES string of the molecule is CNc1cc(C)c(C(C)OC(N)=O)c(N)c1.FC(F)(F)c1ccccc1. The average molecular weight is 369 g/mol.